The van der Waals surface area contributed by atoms with Gasteiger partial charge in [-0.15, -0.1) is 23.1 Å². The summed E-state index contributed by atoms with van der Waals surface area (Å²) >= 11 is 3.12. The molecule has 0 saturated carbocycles. The number of nitrogens with zero attached hydrogens (tertiary/aromatic N) is 2. The van der Waals surface area contributed by atoms with Crippen LogP contribution < -0.4 is 5.32 Å². The number of nitro groups is 1. The molecule has 0 atom stereocenters. The standard InChI is InChI=1S/C21H25N3O4S2/c1-14(2)6-9-30-19-4-3-15(11-17(19)24(27)28)21(26)22-12-20(25)23-8-5-18-16(13-23)7-10-29-18/h3-4,7,10-11,14H,5-6,8-9,12-13H2,1-2H3,(H,22,26). The summed E-state index contributed by atoms with van der Waals surface area (Å²) in [6.45, 7) is 5.27. The largest absolute Gasteiger partial charge is 0.343 e. The molecule has 0 fully saturated rings. The molecule has 1 aliphatic rings. The smallest absolute Gasteiger partial charge is 0.283 e. The number of fused-ring (bicyclic) bond motifs is 1. The molecule has 2 heterocycles. The van der Waals surface area contributed by atoms with Crippen molar-refractivity contribution in [3.05, 3.63) is 55.8 Å². The summed E-state index contributed by atoms with van der Waals surface area (Å²) < 4.78 is 0. The number of carbonyl (C=O) groups is 2. The second kappa shape index (κ2) is 10.1. The minimum atomic E-state index is -0.488. The van der Waals surface area contributed by atoms with E-state index >= 15 is 0 Å². The summed E-state index contributed by atoms with van der Waals surface area (Å²) in [5.74, 6) is 0.652. The van der Waals surface area contributed by atoms with Crippen LogP contribution in [0.2, 0.25) is 0 Å². The Hall–Kier alpha value is -2.39. The highest BCUT2D eigenvalue weighted by Crippen LogP contribution is 2.31. The molecule has 9 heteroatoms. The van der Waals surface area contributed by atoms with E-state index in [0.717, 1.165) is 24.2 Å². The third-order valence-electron chi connectivity index (χ3n) is 4.93. The van der Waals surface area contributed by atoms with Gasteiger partial charge in [0.05, 0.1) is 16.4 Å². The van der Waals surface area contributed by atoms with E-state index in [1.165, 1.54) is 22.7 Å². The Bertz CT molecular complexity index is 942. The Morgan fingerprint density at radius 2 is 2.13 bits per heavy atom. The Morgan fingerprint density at radius 1 is 1.33 bits per heavy atom. The van der Waals surface area contributed by atoms with Gasteiger partial charge in [-0.1, -0.05) is 13.8 Å². The van der Waals surface area contributed by atoms with Crippen molar-refractivity contribution >= 4 is 40.6 Å². The van der Waals surface area contributed by atoms with Crippen LogP contribution in [0, 0.1) is 16.0 Å². The molecule has 3 rings (SSSR count). The lowest BCUT2D eigenvalue weighted by Gasteiger charge is -2.27. The van der Waals surface area contributed by atoms with E-state index < -0.39 is 10.8 Å². The molecule has 0 radical (unpaired) electrons. The molecule has 2 aromatic rings. The molecule has 0 aliphatic carbocycles. The summed E-state index contributed by atoms with van der Waals surface area (Å²) in [6, 6.07) is 6.50. The Balaban J connectivity index is 1.59. The summed E-state index contributed by atoms with van der Waals surface area (Å²) in [5, 5.41) is 16.1. The van der Waals surface area contributed by atoms with Gasteiger partial charge in [0.15, 0.2) is 0 Å². The van der Waals surface area contributed by atoms with Gasteiger partial charge in [0.25, 0.3) is 11.6 Å². The van der Waals surface area contributed by atoms with E-state index in [4.69, 9.17) is 0 Å². The van der Waals surface area contributed by atoms with Crippen LogP contribution >= 0.6 is 23.1 Å². The highest BCUT2D eigenvalue weighted by Gasteiger charge is 2.23. The van der Waals surface area contributed by atoms with Gasteiger partial charge < -0.3 is 10.2 Å². The van der Waals surface area contributed by atoms with Crippen molar-refractivity contribution in [2.75, 3.05) is 18.8 Å². The molecular formula is C21H25N3O4S2. The van der Waals surface area contributed by atoms with Crippen molar-refractivity contribution in [1.29, 1.82) is 0 Å². The van der Waals surface area contributed by atoms with Crippen molar-refractivity contribution in [3.63, 3.8) is 0 Å². The number of amides is 2. The molecule has 0 bridgehead atoms. The zero-order valence-electron chi connectivity index (χ0n) is 17.1. The SMILES string of the molecule is CC(C)CCSc1ccc(C(=O)NCC(=O)N2CCc3sccc3C2)cc1[N+](=O)[O-]. The number of hydrogen-bond donors (Lipinski definition) is 1. The minimum Gasteiger partial charge on any atom is -0.343 e. The van der Waals surface area contributed by atoms with E-state index in [1.54, 1.807) is 28.4 Å². The van der Waals surface area contributed by atoms with Crippen LogP contribution in [-0.4, -0.2) is 40.5 Å². The maximum absolute atomic E-state index is 12.5. The number of thioether (sulfide) groups is 1. The second-order valence-electron chi connectivity index (χ2n) is 7.59. The Kier molecular flexibility index (Phi) is 7.49. The fourth-order valence-corrected chi connectivity index (χ4v) is 5.30. The molecule has 0 saturated heterocycles. The number of rotatable bonds is 8. The predicted octanol–water partition coefficient (Wildman–Crippen LogP) is 4.11. The molecular weight excluding hydrogens is 422 g/mol. The van der Waals surface area contributed by atoms with E-state index in [1.807, 2.05) is 11.4 Å². The van der Waals surface area contributed by atoms with Crippen molar-refractivity contribution in [3.8, 4) is 0 Å². The third kappa shape index (κ3) is 5.60. The summed E-state index contributed by atoms with van der Waals surface area (Å²) in [5.41, 5.74) is 1.26. The van der Waals surface area contributed by atoms with Crippen LogP contribution in [0.1, 0.15) is 41.1 Å². The van der Waals surface area contributed by atoms with Crippen molar-refractivity contribution < 1.29 is 14.5 Å². The maximum Gasteiger partial charge on any atom is 0.283 e. The summed E-state index contributed by atoms with van der Waals surface area (Å²) in [4.78, 5) is 39.5. The number of hydrogen-bond acceptors (Lipinski definition) is 6. The highest BCUT2D eigenvalue weighted by molar-refractivity contribution is 7.99. The van der Waals surface area contributed by atoms with Crippen LogP contribution in [-0.2, 0) is 17.8 Å². The lowest BCUT2D eigenvalue weighted by Crippen LogP contribution is -2.42. The van der Waals surface area contributed by atoms with Crippen LogP contribution in [0.15, 0.2) is 34.5 Å². The molecule has 0 unspecified atom stereocenters. The summed E-state index contributed by atoms with van der Waals surface area (Å²) in [7, 11) is 0. The molecule has 1 N–H and O–H groups in total. The van der Waals surface area contributed by atoms with Crippen LogP contribution in [0.3, 0.4) is 0 Å². The molecule has 1 aromatic carbocycles. The van der Waals surface area contributed by atoms with Gasteiger partial charge in [-0.3, -0.25) is 19.7 Å². The first-order valence-electron chi connectivity index (χ1n) is 9.87. The zero-order valence-corrected chi connectivity index (χ0v) is 18.7. The van der Waals surface area contributed by atoms with Crippen molar-refractivity contribution in [2.24, 2.45) is 5.92 Å². The van der Waals surface area contributed by atoms with Crippen LogP contribution in [0.4, 0.5) is 5.69 Å². The fourth-order valence-electron chi connectivity index (χ4n) is 3.16. The normalized spacial score (nSPS) is 13.2. The zero-order chi connectivity index (χ0) is 21.7. The molecule has 30 heavy (non-hydrogen) atoms. The third-order valence-corrected chi connectivity index (χ3v) is 7.05. The number of nitrogens with one attached hydrogen (secondary N) is 1. The number of nitro benzene ring substituents is 1. The Labute approximate surface area is 184 Å². The van der Waals surface area contributed by atoms with Gasteiger partial charge in [0, 0.05) is 29.6 Å². The van der Waals surface area contributed by atoms with Gasteiger partial charge in [0.2, 0.25) is 5.91 Å². The molecule has 1 aliphatic heterocycles. The number of carbonyl (C=O) groups excluding carboxylic acids is 2. The lowest BCUT2D eigenvalue weighted by atomic mass is 10.1. The summed E-state index contributed by atoms with van der Waals surface area (Å²) in [6.07, 6.45) is 1.78. The minimum absolute atomic E-state index is 0.0799. The quantitative estimate of drug-likeness (QED) is 0.373. The molecule has 2 amide bonds. The lowest BCUT2D eigenvalue weighted by molar-refractivity contribution is -0.387. The first-order chi connectivity index (χ1) is 14.3. The topological polar surface area (TPSA) is 92.6 Å². The molecule has 1 aromatic heterocycles. The Morgan fingerprint density at radius 3 is 2.87 bits per heavy atom. The van der Waals surface area contributed by atoms with E-state index in [0.29, 0.717) is 23.9 Å². The predicted molar refractivity (Wildman–Crippen MR) is 119 cm³/mol. The number of thiophene rings is 1. The van der Waals surface area contributed by atoms with E-state index in [9.17, 15) is 19.7 Å². The highest BCUT2D eigenvalue weighted by atomic mass is 32.2. The van der Waals surface area contributed by atoms with E-state index in [-0.39, 0.29) is 23.7 Å². The van der Waals surface area contributed by atoms with Crippen LogP contribution in [0.25, 0.3) is 0 Å². The van der Waals surface area contributed by atoms with Gasteiger partial charge in [-0.25, -0.2) is 0 Å². The van der Waals surface area contributed by atoms with E-state index in [2.05, 4.69) is 19.2 Å². The maximum atomic E-state index is 12.5. The van der Waals surface area contributed by atoms with Crippen molar-refractivity contribution in [2.45, 2.75) is 38.1 Å². The molecule has 0 spiro atoms. The van der Waals surface area contributed by atoms with Gasteiger partial charge in [0.1, 0.15) is 0 Å². The average molecular weight is 448 g/mol. The monoisotopic (exact) mass is 447 g/mol. The average Bonchev–Trinajstić information content (AvgIpc) is 3.19. The number of benzene rings is 1. The molecule has 160 valence electrons. The molecule has 7 nitrogen and oxygen atoms in total. The second-order valence-corrected chi connectivity index (χ2v) is 9.73. The van der Waals surface area contributed by atoms with Crippen molar-refractivity contribution in [1.82, 2.24) is 10.2 Å². The first kappa shape index (κ1) is 22.3. The van der Waals surface area contributed by atoms with Gasteiger partial charge >= 0.3 is 0 Å². The fraction of sp³-hybridized carbons (Fsp3) is 0.429. The van der Waals surface area contributed by atoms with Gasteiger partial charge in [-0.05, 0) is 53.7 Å². The van der Waals surface area contributed by atoms with Crippen LogP contribution in [0.5, 0.6) is 0 Å². The van der Waals surface area contributed by atoms with Gasteiger partial charge in [-0.2, -0.15) is 0 Å². The first-order valence-corrected chi connectivity index (χ1v) is 11.7.